The van der Waals surface area contributed by atoms with Gasteiger partial charge in [-0.3, -0.25) is 4.79 Å². The summed E-state index contributed by atoms with van der Waals surface area (Å²) in [7, 11) is 0. The number of piperidine rings is 1. The van der Waals surface area contributed by atoms with Crippen LogP contribution in [-0.2, 0) is 16.1 Å². The quantitative estimate of drug-likeness (QED) is 0.471. The topological polar surface area (TPSA) is 44.8 Å². The van der Waals surface area contributed by atoms with Crippen LogP contribution in [0.4, 0.5) is 5.69 Å². The number of anilines is 1. The molecule has 2 aliphatic rings. The van der Waals surface area contributed by atoms with Gasteiger partial charge in [0.1, 0.15) is 6.61 Å². The van der Waals surface area contributed by atoms with Crippen LogP contribution in [0.3, 0.4) is 0 Å². The molecule has 0 bridgehead atoms. The minimum absolute atomic E-state index is 0.0801. The highest BCUT2D eigenvalue weighted by Crippen LogP contribution is 2.31. The number of nitrogens with one attached hydrogen (secondary N) is 1. The van der Waals surface area contributed by atoms with Crippen LogP contribution >= 0.6 is 11.9 Å². The number of rotatable bonds is 9. The van der Waals surface area contributed by atoms with E-state index in [0.29, 0.717) is 13.1 Å². The Morgan fingerprint density at radius 1 is 1.33 bits per heavy atom. The van der Waals surface area contributed by atoms with Crippen molar-refractivity contribution in [2.45, 2.75) is 31.4 Å². The number of amides is 1. The molecule has 0 atom stereocenters. The Morgan fingerprint density at radius 3 is 2.83 bits per heavy atom. The maximum absolute atomic E-state index is 12.5. The number of nitrogens with zero attached hydrogens (tertiary/aromatic N) is 2. The van der Waals surface area contributed by atoms with Crippen LogP contribution in [0.5, 0.6) is 0 Å². The van der Waals surface area contributed by atoms with Crippen molar-refractivity contribution in [1.29, 1.82) is 0 Å². The molecule has 0 unspecified atom stereocenters. The molecule has 0 aliphatic carbocycles. The lowest BCUT2D eigenvalue weighted by Gasteiger charge is -2.47. The van der Waals surface area contributed by atoms with Crippen molar-refractivity contribution in [2.75, 3.05) is 43.8 Å². The summed E-state index contributed by atoms with van der Waals surface area (Å²) in [5.74, 6) is 0.0801. The number of hydrogen-bond donors (Lipinski definition) is 1. The predicted octanol–water partition coefficient (Wildman–Crippen LogP) is 4.26. The van der Waals surface area contributed by atoms with Crippen LogP contribution in [0.25, 0.3) is 0 Å². The summed E-state index contributed by atoms with van der Waals surface area (Å²) >= 11 is 1.57. The van der Waals surface area contributed by atoms with Gasteiger partial charge in [0.15, 0.2) is 0 Å². The lowest BCUT2D eigenvalue weighted by molar-refractivity contribution is -0.172. The number of benzene rings is 1. The molecule has 1 aromatic carbocycles. The molecule has 1 spiro atoms. The molecule has 2 saturated heterocycles. The Kier molecular flexibility index (Phi) is 8.19. The third-order valence-corrected chi connectivity index (χ3v) is 6.37. The third-order valence-electron chi connectivity index (χ3n) is 5.93. The van der Waals surface area contributed by atoms with Crippen LogP contribution in [0.2, 0.25) is 0 Å². The molecule has 2 heterocycles. The smallest absolute Gasteiger partial charge is 0.248 e. The fourth-order valence-electron chi connectivity index (χ4n) is 4.18. The zero-order valence-corrected chi connectivity index (χ0v) is 18.8. The number of likely N-dealkylation sites (tertiary alicyclic amines) is 1. The van der Waals surface area contributed by atoms with Gasteiger partial charge in [-0.15, -0.1) is 0 Å². The average molecular weight is 428 g/mol. The molecule has 162 valence electrons. The van der Waals surface area contributed by atoms with Crippen molar-refractivity contribution in [1.82, 2.24) is 9.80 Å². The number of allylic oxidation sites excluding steroid dienone is 3. The highest BCUT2D eigenvalue weighted by molar-refractivity contribution is 7.99. The van der Waals surface area contributed by atoms with Crippen molar-refractivity contribution < 1.29 is 9.53 Å². The summed E-state index contributed by atoms with van der Waals surface area (Å²) in [6, 6.07) is 8.27. The van der Waals surface area contributed by atoms with E-state index in [4.69, 9.17) is 4.74 Å². The summed E-state index contributed by atoms with van der Waals surface area (Å²) in [5, 5.41) is 0. The van der Waals surface area contributed by atoms with Crippen LogP contribution in [-0.4, -0.2) is 60.3 Å². The molecule has 1 N–H and O–H groups in total. The molecule has 3 rings (SSSR count). The van der Waals surface area contributed by atoms with Gasteiger partial charge in [0.25, 0.3) is 0 Å². The van der Waals surface area contributed by atoms with Gasteiger partial charge in [0, 0.05) is 38.1 Å². The van der Waals surface area contributed by atoms with Gasteiger partial charge in [-0.1, -0.05) is 55.5 Å². The Morgan fingerprint density at radius 2 is 2.13 bits per heavy atom. The summed E-state index contributed by atoms with van der Waals surface area (Å²) in [6.07, 6.45) is 10.6. The first-order valence-electron chi connectivity index (χ1n) is 10.5. The fraction of sp³-hybridized carbons (Fsp3) is 0.458. The molecule has 6 heteroatoms. The number of hydrogen-bond acceptors (Lipinski definition) is 5. The van der Waals surface area contributed by atoms with Crippen LogP contribution in [0, 0.1) is 0 Å². The average Bonchev–Trinajstić information content (AvgIpc) is 2.76. The lowest BCUT2D eigenvalue weighted by atomic mass is 9.89. The molecule has 1 amide bonds. The SMILES string of the molecule is C=C/C=C(\C=C)CCN1CCC2(CC1)CN(Cc1cccc(NSC)c1)C(=O)CO2. The zero-order chi connectivity index (χ0) is 21.4. The summed E-state index contributed by atoms with van der Waals surface area (Å²) < 4.78 is 9.37. The predicted molar refractivity (Wildman–Crippen MR) is 126 cm³/mol. The summed E-state index contributed by atoms with van der Waals surface area (Å²) in [5.41, 5.74) is 3.21. The Labute approximate surface area is 185 Å². The third kappa shape index (κ3) is 6.00. The molecule has 0 aromatic heterocycles. The maximum Gasteiger partial charge on any atom is 0.248 e. The molecule has 30 heavy (non-hydrogen) atoms. The van der Waals surface area contributed by atoms with Gasteiger partial charge >= 0.3 is 0 Å². The van der Waals surface area contributed by atoms with Crippen LogP contribution in [0.1, 0.15) is 24.8 Å². The Balaban J connectivity index is 1.56. The first-order chi connectivity index (χ1) is 14.6. The molecule has 2 fully saturated rings. The fourth-order valence-corrected chi connectivity index (χ4v) is 4.54. The van der Waals surface area contributed by atoms with E-state index in [1.165, 1.54) is 5.57 Å². The molecule has 5 nitrogen and oxygen atoms in total. The lowest BCUT2D eigenvalue weighted by Crippen LogP contribution is -2.58. The molecule has 1 aromatic rings. The highest BCUT2D eigenvalue weighted by atomic mass is 32.2. The van der Waals surface area contributed by atoms with Crippen molar-refractivity contribution in [3.8, 4) is 0 Å². The van der Waals surface area contributed by atoms with Gasteiger partial charge in [0.2, 0.25) is 5.91 Å². The van der Waals surface area contributed by atoms with Gasteiger partial charge in [-0.05, 0) is 42.5 Å². The Bertz CT molecular complexity index is 784. The zero-order valence-electron chi connectivity index (χ0n) is 17.9. The van der Waals surface area contributed by atoms with Gasteiger partial charge in [-0.25, -0.2) is 0 Å². The normalized spacial score (nSPS) is 19.7. The van der Waals surface area contributed by atoms with Gasteiger partial charge in [-0.2, -0.15) is 0 Å². The minimum Gasteiger partial charge on any atom is -0.363 e. The minimum atomic E-state index is -0.211. The highest BCUT2D eigenvalue weighted by Gasteiger charge is 2.42. The standard InChI is InChI=1S/C24H33N3O2S/c1-4-7-20(5-2)10-13-26-14-11-24(12-15-26)19-27(23(28)18-29-24)17-21-8-6-9-22(16-21)25-30-3/h4-9,16,25H,1-2,10-15,17-19H2,3H3/b20-7+. The monoisotopic (exact) mass is 427 g/mol. The van der Waals surface area contributed by atoms with Crippen molar-refractivity contribution in [2.24, 2.45) is 0 Å². The molecular formula is C24H33N3O2S. The van der Waals surface area contributed by atoms with Gasteiger partial charge < -0.3 is 19.3 Å². The van der Waals surface area contributed by atoms with Crippen molar-refractivity contribution in [3.63, 3.8) is 0 Å². The van der Waals surface area contributed by atoms with Crippen molar-refractivity contribution in [3.05, 3.63) is 66.8 Å². The number of carbonyl (C=O) groups is 1. The summed E-state index contributed by atoms with van der Waals surface area (Å²) in [6.45, 7) is 12.1. The van der Waals surface area contributed by atoms with E-state index in [0.717, 1.165) is 50.1 Å². The summed E-state index contributed by atoms with van der Waals surface area (Å²) in [4.78, 5) is 17.0. The van der Waals surface area contributed by atoms with E-state index in [1.54, 1.807) is 11.9 Å². The van der Waals surface area contributed by atoms with Crippen LogP contribution in [0.15, 0.2) is 61.2 Å². The molecule has 2 aliphatic heterocycles. The van der Waals surface area contributed by atoms with E-state index >= 15 is 0 Å². The van der Waals surface area contributed by atoms with Crippen molar-refractivity contribution >= 4 is 23.5 Å². The molecule has 0 radical (unpaired) electrons. The Hall–Kier alpha value is -2.02. The number of carbonyl (C=O) groups excluding carboxylic acids is 1. The number of morpholine rings is 1. The first kappa shape index (κ1) is 22.7. The molecule has 0 saturated carbocycles. The second-order valence-electron chi connectivity index (χ2n) is 8.00. The van der Waals surface area contributed by atoms with E-state index in [9.17, 15) is 4.79 Å². The van der Waals surface area contributed by atoms with E-state index in [2.05, 4.69) is 34.9 Å². The van der Waals surface area contributed by atoms with Crippen LogP contribution < -0.4 is 4.72 Å². The van der Waals surface area contributed by atoms with E-state index < -0.39 is 0 Å². The van der Waals surface area contributed by atoms with E-state index in [-0.39, 0.29) is 18.1 Å². The number of ether oxygens (including phenoxy) is 1. The van der Waals surface area contributed by atoms with Gasteiger partial charge in [0.05, 0.1) is 12.1 Å². The second-order valence-corrected chi connectivity index (χ2v) is 8.61. The second kappa shape index (κ2) is 10.8. The van der Waals surface area contributed by atoms with E-state index in [1.807, 2.05) is 41.5 Å². The largest absolute Gasteiger partial charge is 0.363 e. The first-order valence-corrected chi connectivity index (χ1v) is 11.8. The maximum atomic E-state index is 12.5. The molecular weight excluding hydrogens is 394 g/mol.